The molecule has 1 heterocycles. The van der Waals surface area contributed by atoms with Crippen molar-refractivity contribution in [3.05, 3.63) is 65.0 Å². The van der Waals surface area contributed by atoms with Crippen molar-refractivity contribution in [2.75, 3.05) is 5.32 Å². The predicted molar refractivity (Wildman–Crippen MR) is 82.2 cm³/mol. The molecule has 23 heavy (non-hydrogen) atoms. The third-order valence-corrected chi connectivity index (χ3v) is 3.39. The molecule has 0 radical (unpaired) electrons. The minimum atomic E-state index is -4.51. The van der Waals surface area contributed by atoms with E-state index in [1.807, 2.05) is 0 Å². The number of alkyl halides is 3. The molecule has 0 amide bonds. The molecule has 1 aliphatic heterocycles. The Balaban J connectivity index is 0.00000192. The van der Waals surface area contributed by atoms with Crippen molar-refractivity contribution in [2.24, 2.45) is 10.7 Å². The van der Waals surface area contributed by atoms with E-state index in [1.54, 1.807) is 6.07 Å². The molecule has 1 atom stereocenters. The van der Waals surface area contributed by atoms with E-state index in [-0.39, 0.29) is 29.4 Å². The van der Waals surface area contributed by atoms with Gasteiger partial charge in [-0.25, -0.2) is 9.38 Å². The second kappa shape index (κ2) is 6.08. The van der Waals surface area contributed by atoms with Crippen molar-refractivity contribution in [1.82, 2.24) is 0 Å². The van der Waals surface area contributed by atoms with Crippen molar-refractivity contribution in [3.63, 3.8) is 0 Å². The molecule has 0 aromatic heterocycles. The second-order valence-corrected chi connectivity index (χ2v) is 4.81. The van der Waals surface area contributed by atoms with E-state index >= 15 is 0 Å². The maximum Gasteiger partial charge on any atom is 0.416 e. The molecule has 3 nitrogen and oxygen atoms in total. The molecule has 3 rings (SSSR count). The topological polar surface area (TPSA) is 50.4 Å². The summed E-state index contributed by atoms with van der Waals surface area (Å²) in [5.74, 6) is -0.706. The summed E-state index contributed by atoms with van der Waals surface area (Å²) < 4.78 is 53.0. The zero-order chi connectivity index (χ0) is 15.9. The Morgan fingerprint density at radius 1 is 1.04 bits per heavy atom. The van der Waals surface area contributed by atoms with Gasteiger partial charge in [0.2, 0.25) is 0 Å². The van der Waals surface area contributed by atoms with Crippen molar-refractivity contribution >= 4 is 23.9 Å². The lowest BCUT2D eigenvalue weighted by Gasteiger charge is -2.26. The van der Waals surface area contributed by atoms with Gasteiger partial charge in [-0.15, -0.1) is 12.4 Å². The molecule has 8 heteroatoms. The van der Waals surface area contributed by atoms with Crippen molar-refractivity contribution < 1.29 is 17.6 Å². The molecule has 0 saturated carbocycles. The minimum Gasteiger partial charge on any atom is -0.383 e. The average Bonchev–Trinajstić information content (AvgIpc) is 2.46. The fraction of sp³-hybridized carbons (Fsp3) is 0.133. The van der Waals surface area contributed by atoms with E-state index in [9.17, 15) is 17.6 Å². The molecular formula is C15H12ClF4N3. The Morgan fingerprint density at radius 3 is 2.43 bits per heavy atom. The second-order valence-electron chi connectivity index (χ2n) is 4.81. The molecule has 0 saturated heterocycles. The molecule has 2 aromatic rings. The Bertz CT molecular complexity index is 759. The summed E-state index contributed by atoms with van der Waals surface area (Å²) in [6.07, 6.45) is -5.53. The van der Waals surface area contributed by atoms with Gasteiger partial charge in [0.25, 0.3) is 0 Å². The highest BCUT2D eigenvalue weighted by Gasteiger charge is 2.36. The van der Waals surface area contributed by atoms with Crippen LogP contribution in [0.25, 0.3) is 0 Å². The van der Waals surface area contributed by atoms with Gasteiger partial charge in [-0.1, -0.05) is 24.3 Å². The molecule has 0 bridgehead atoms. The van der Waals surface area contributed by atoms with E-state index in [0.29, 0.717) is 5.69 Å². The van der Waals surface area contributed by atoms with E-state index in [2.05, 4.69) is 10.3 Å². The molecule has 2 aromatic carbocycles. The fourth-order valence-electron chi connectivity index (χ4n) is 2.43. The first-order valence-corrected chi connectivity index (χ1v) is 6.43. The van der Waals surface area contributed by atoms with Gasteiger partial charge in [-0.2, -0.15) is 13.2 Å². The highest BCUT2D eigenvalue weighted by atomic mass is 35.5. The zero-order valence-electron chi connectivity index (χ0n) is 11.6. The van der Waals surface area contributed by atoms with Gasteiger partial charge < -0.3 is 11.1 Å². The SMILES string of the molecule is Cl.NC1=NC(c2ccccc2C(F)(F)F)Nc2cccc(F)c21. The number of benzene rings is 2. The van der Waals surface area contributed by atoms with Gasteiger partial charge in [0.1, 0.15) is 17.8 Å². The number of hydrogen-bond acceptors (Lipinski definition) is 3. The summed E-state index contributed by atoms with van der Waals surface area (Å²) in [6, 6.07) is 9.29. The lowest BCUT2D eigenvalue weighted by molar-refractivity contribution is -0.138. The number of hydrogen-bond donors (Lipinski definition) is 2. The average molecular weight is 346 g/mol. The van der Waals surface area contributed by atoms with Crippen molar-refractivity contribution in [1.29, 1.82) is 0 Å². The van der Waals surface area contributed by atoms with E-state index in [1.165, 1.54) is 30.3 Å². The van der Waals surface area contributed by atoms with Gasteiger partial charge in [-0.3, -0.25) is 0 Å². The standard InChI is InChI=1S/C15H11F4N3.ClH/c16-10-6-3-7-11-12(10)13(20)22-14(21-11)8-4-1-2-5-9(8)15(17,18)19;/h1-7,14,21H,(H2,20,22);1H. The summed E-state index contributed by atoms with van der Waals surface area (Å²) in [4.78, 5) is 3.97. The number of nitrogens with one attached hydrogen (secondary N) is 1. The molecule has 1 aliphatic rings. The monoisotopic (exact) mass is 345 g/mol. The maximum atomic E-state index is 13.7. The van der Waals surface area contributed by atoms with Crippen molar-refractivity contribution in [3.8, 4) is 0 Å². The third kappa shape index (κ3) is 3.10. The fourth-order valence-corrected chi connectivity index (χ4v) is 2.43. The first-order valence-electron chi connectivity index (χ1n) is 6.43. The Labute approximate surface area is 135 Å². The summed E-state index contributed by atoms with van der Waals surface area (Å²) in [5.41, 5.74) is 5.25. The van der Waals surface area contributed by atoms with Crippen LogP contribution in [0.1, 0.15) is 22.9 Å². The predicted octanol–water partition coefficient (Wildman–Crippen LogP) is 4.10. The number of fused-ring (bicyclic) bond motifs is 1. The third-order valence-electron chi connectivity index (χ3n) is 3.39. The zero-order valence-corrected chi connectivity index (χ0v) is 12.4. The van der Waals surface area contributed by atoms with Crippen LogP contribution in [0.4, 0.5) is 23.2 Å². The number of anilines is 1. The summed E-state index contributed by atoms with van der Waals surface area (Å²) in [5, 5.41) is 2.79. The number of nitrogens with two attached hydrogens (primary N) is 1. The van der Waals surface area contributed by atoms with Crippen LogP contribution in [0.5, 0.6) is 0 Å². The van der Waals surface area contributed by atoms with Crippen LogP contribution in [-0.4, -0.2) is 5.84 Å². The highest BCUT2D eigenvalue weighted by Crippen LogP contribution is 2.38. The molecular weight excluding hydrogens is 334 g/mol. The largest absolute Gasteiger partial charge is 0.416 e. The Hall–Kier alpha value is -2.28. The quantitative estimate of drug-likeness (QED) is 0.765. The molecule has 3 N–H and O–H groups in total. The maximum absolute atomic E-state index is 13.7. The van der Waals surface area contributed by atoms with Crippen LogP contribution in [0.3, 0.4) is 0 Å². The lowest BCUT2D eigenvalue weighted by Crippen LogP contribution is -2.27. The van der Waals surface area contributed by atoms with Crippen LogP contribution >= 0.6 is 12.4 Å². The van der Waals surface area contributed by atoms with E-state index < -0.39 is 23.7 Å². The number of rotatable bonds is 1. The minimum absolute atomic E-state index is 0. The van der Waals surface area contributed by atoms with Crippen molar-refractivity contribution in [2.45, 2.75) is 12.3 Å². The van der Waals surface area contributed by atoms with Crippen LogP contribution in [0, 0.1) is 5.82 Å². The van der Waals surface area contributed by atoms with Crippen LogP contribution in [-0.2, 0) is 6.18 Å². The first kappa shape index (κ1) is 17.1. The molecule has 1 unspecified atom stereocenters. The van der Waals surface area contributed by atoms with Gasteiger partial charge >= 0.3 is 6.18 Å². The molecule has 0 aliphatic carbocycles. The summed E-state index contributed by atoms with van der Waals surface area (Å²) in [6.45, 7) is 0. The van der Waals surface area contributed by atoms with Crippen LogP contribution in [0.2, 0.25) is 0 Å². The Kier molecular flexibility index (Phi) is 4.51. The van der Waals surface area contributed by atoms with Crippen LogP contribution in [0.15, 0.2) is 47.5 Å². The van der Waals surface area contributed by atoms with Gasteiger partial charge in [-0.05, 0) is 18.2 Å². The summed E-state index contributed by atoms with van der Waals surface area (Å²) in [7, 11) is 0. The normalized spacial score (nSPS) is 16.7. The number of nitrogens with zero attached hydrogens (tertiary/aromatic N) is 1. The molecule has 0 fully saturated rings. The summed E-state index contributed by atoms with van der Waals surface area (Å²) >= 11 is 0. The van der Waals surface area contributed by atoms with Crippen LogP contribution < -0.4 is 11.1 Å². The van der Waals surface area contributed by atoms with E-state index in [4.69, 9.17) is 5.73 Å². The number of halogens is 5. The lowest BCUT2D eigenvalue weighted by atomic mass is 10.0. The molecule has 0 spiro atoms. The number of amidine groups is 1. The van der Waals surface area contributed by atoms with Gasteiger partial charge in [0.15, 0.2) is 0 Å². The number of aliphatic imine (C=N–C) groups is 1. The van der Waals surface area contributed by atoms with Gasteiger partial charge in [0, 0.05) is 11.3 Å². The molecule has 122 valence electrons. The van der Waals surface area contributed by atoms with Gasteiger partial charge in [0.05, 0.1) is 11.1 Å². The smallest absolute Gasteiger partial charge is 0.383 e. The Morgan fingerprint density at radius 2 is 1.74 bits per heavy atom. The van der Waals surface area contributed by atoms with E-state index in [0.717, 1.165) is 6.07 Å². The highest BCUT2D eigenvalue weighted by molar-refractivity contribution is 6.04. The first-order chi connectivity index (χ1) is 10.4.